The van der Waals surface area contributed by atoms with Crippen molar-refractivity contribution >= 4 is 23.3 Å². The SMILES string of the molecule is Cc1cc(C)c(C(=O)C(C)OC(=O)COc2ccc3c(c2)CCC(=O)N3)cc1C. The second-order valence-electron chi connectivity index (χ2n) is 7.40. The van der Waals surface area contributed by atoms with Crippen LogP contribution < -0.4 is 10.1 Å². The Labute approximate surface area is 170 Å². The average Bonchev–Trinajstić information content (AvgIpc) is 2.68. The highest BCUT2D eigenvalue weighted by atomic mass is 16.6. The highest BCUT2D eigenvalue weighted by Crippen LogP contribution is 2.26. The topological polar surface area (TPSA) is 81.7 Å². The number of fused-ring (bicyclic) bond motifs is 1. The van der Waals surface area contributed by atoms with Crippen LogP contribution in [0.1, 0.15) is 46.0 Å². The van der Waals surface area contributed by atoms with Gasteiger partial charge < -0.3 is 14.8 Å². The molecular weight excluding hydrogens is 370 g/mol. The highest BCUT2D eigenvalue weighted by Gasteiger charge is 2.22. The van der Waals surface area contributed by atoms with Crippen molar-refractivity contribution in [3.63, 3.8) is 0 Å². The zero-order chi connectivity index (χ0) is 21.1. The van der Waals surface area contributed by atoms with Gasteiger partial charge in [0.25, 0.3) is 0 Å². The lowest BCUT2D eigenvalue weighted by atomic mass is 9.96. The van der Waals surface area contributed by atoms with Crippen LogP contribution in [-0.4, -0.2) is 30.4 Å². The van der Waals surface area contributed by atoms with Crippen LogP contribution in [-0.2, 0) is 20.7 Å². The van der Waals surface area contributed by atoms with E-state index >= 15 is 0 Å². The molecule has 0 aliphatic carbocycles. The van der Waals surface area contributed by atoms with E-state index in [9.17, 15) is 14.4 Å². The summed E-state index contributed by atoms with van der Waals surface area (Å²) in [5.41, 5.74) is 5.28. The maximum absolute atomic E-state index is 12.7. The van der Waals surface area contributed by atoms with E-state index in [0.717, 1.165) is 27.9 Å². The molecule has 0 fully saturated rings. The van der Waals surface area contributed by atoms with Gasteiger partial charge in [-0.1, -0.05) is 6.07 Å². The van der Waals surface area contributed by atoms with Crippen molar-refractivity contribution in [1.82, 2.24) is 0 Å². The normalized spacial score (nSPS) is 13.9. The van der Waals surface area contributed by atoms with Crippen LogP contribution in [0, 0.1) is 20.8 Å². The zero-order valence-corrected chi connectivity index (χ0v) is 17.1. The molecule has 1 heterocycles. The van der Waals surface area contributed by atoms with Crippen molar-refractivity contribution in [3.8, 4) is 5.75 Å². The molecule has 0 aromatic heterocycles. The van der Waals surface area contributed by atoms with Gasteiger partial charge >= 0.3 is 5.97 Å². The number of hydrogen-bond acceptors (Lipinski definition) is 5. The molecule has 1 unspecified atom stereocenters. The molecule has 0 saturated carbocycles. The number of nitrogens with one attached hydrogen (secondary N) is 1. The Morgan fingerprint density at radius 2 is 1.76 bits per heavy atom. The number of carbonyl (C=O) groups excluding carboxylic acids is 3. The van der Waals surface area contributed by atoms with Crippen LogP contribution >= 0.6 is 0 Å². The average molecular weight is 395 g/mol. The predicted molar refractivity (Wildman–Crippen MR) is 109 cm³/mol. The minimum Gasteiger partial charge on any atom is -0.482 e. The van der Waals surface area contributed by atoms with Crippen LogP contribution in [0.15, 0.2) is 30.3 Å². The first kappa shape index (κ1) is 20.6. The Hall–Kier alpha value is -3.15. The third-order valence-corrected chi connectivity index (χ3v) is 5.11. The van der Waals surface area contributed by atoms with E-state index in [2.05, 4.69) is 5.32 Å². The highest BCUT2D eigenvalue weighted by molar-refractivity contribution is 6.01. The first-order chi connectivity index (χ1) is 13.7. The fourth-order valence-corrected chi connectivity index (χ4v) is 3.32. The van der Waals surface area contributed by atoms with Crippen molar-refractivity contribution in [2.75, 3.05) is 11.9 Å². The zero-order valence-electron chi connectivity index (χ0n) is 17.1. The van der Waals surface area contributed by atoms with Crippen molar-refractivity contribution < 1.29 is 23.9 Å². The van der Waals surface area contributed by atoms with E-state index < -0.39 is 12.1 Å². The summed E-state index contributed by atoms with van der Waals surface area (Å²) in [5, 5.41) is 2.79. The van der Waals surface area contributed by atoms with Crippen LogP contribution in [0.2, 0.25) is 0 Å². The molecule has 0 saturated heterocycles. The fourth-order valence-electron chi connectivity index (χ4n) is 3.32. The van der Waals surface area contributed by atoms with E-state index in [0.29, 0.717) is 24.2 Å². The number of ketones is 1. The van der Waals surface area contributed by atoms with Crippen molar-refractivity contribution in [2.45, 2.75) is 46.6 Å². The van der Waals surface area contributed by atoms with Gasteiger partial charge in [0.05, 0.1) is 0 Å². The van der Waals surface area contributed by atoms with E-state index in [1.54, 1.807) is 25.1 Å². The molecule has 0 radical (unpaired) electrons. The number of amides is 1. The van der Waals surface area contributed by atoms with Crippen molar-refractivity contribution in [3.05, 3.63) is 58.1 Å². The summed E-state index contributed by atoms with van der Waals surface area (Å²) in [4.78, 5) is 36.2. The van der Waals surface area contributed by atoms with E-state index in [1.165, 1.54) is 0 Å². The van der Waals surface area contributed by atoms with E-state index in [4.69, 9.17) is 9.47 Å². The third-order valence-electron chi connectivity index (χ3n) is 5.11. The van der Waals surface area contributed by atoms with Gasteiger partial charge in [-0.05, 0) is 80.6 Å². The maximum atomic E-state index is 12.7. The summed E-state index contributed by atoms with van der Waals surface area (Å²) >= 11 is 0. The molecule has 1 atom stereocenters. The molecule has 6 heteroatoms. The van der Waals surface area contributed by atoms with E-state index in [1.807, 2.05) is 32.9 Å². The summed E-state index contributed by atoms with van der Waals surface area (Å²) in [5.74, 6) is -0.338. The Bertz CT molecular complexity index is 979. The number of rotatable bonds is 6. The first-order valence-electron chi connectivity index (χ1n) is 9.61. The molecule has 1 aliphatic heterocycles. The van der Waals surface area contributed by atoms with Crippen LogP contribution in [0.5, 0.6) is 5.75 Å². The quantitative estimate of drug-likeness (QED) is 0.596. The summed E-state index contributed by atoms with van der Waals surface area (Å²) < 4.78 is 10.8. The lowest BCUT2D eigenvalue weighted by Crippen LogP contribution is -2.28. The van der Waals surface area contributed by atoms with Gasteiger partial charge in [-0.15, -0.1) is 0 Å². The Morgan fingerprint density at radius 1 is 1.03 bits per heavy atom. The number of hydrogen-bond donors (Lipinski definition) is 1. The lowest BCUT2D eigenvalue weighted by Gasteiger charge is -2.18. The van der Waals surface area contributed by atoms with E-state index in [-0.39, 0.29) is 18.3 Å². The molecule has 3 rings (SSSR count). The standard InChI is InChI=1S/C23H25NO5/c1-13-9-15(3)19(10-14(13)2)23(27)16(4)29-22(26)12-28-18-6-7-20-17(11-18)5-8-21(25)24-20/h6-7,9-11,16H,5,8,12H2,1-4H3,(H,24,25). The monoisotopic (exact) mass is 395 g/mol. The van der Waals surface area contributed by atoms with Crippen LogP contribution in [0.3, 0.4) is 0 Å². The van der Waals surface area contributed by atoms with Gasteiger partial charge in [0.15, 0.2) is 12.7 Å². The molecule has 152 valence electrons. The second kappa shape index (κ2) is 8.47. The van der Waals surface area contributed by atoms with Crippen molar-refractivity contribution in [1.29, 1.82) is 0 Å². The minimum atomic E-state index is -0.898. The second-order valence-corrected chi connectivity index (χ2v) is 7.40. The van der Waals surface area contributed by atoms with Gasteiger partial charge in [-0.3, -0.25) is 9.59 Å². The Balaban J connectivity index is 1.57. The summed E-state index contributed by atoms with van der Waals surface area (Å²) in [6, 6.07) is 9.03. The lowest BCUT2D eigenvalue weighted by molar-refractivity contribution is -0.148. The molecule has 0 spiro atoms. The largest absolute Gasteiger partial charge is 0.482 e. The smallest absolute Gasteiger partial charge is 0.344 e. The minimum absolute atomic E-state index is 0.00703. The number of benzene rings is 2. The van der Waals surface area contributed by atoms with Crippen molar-refractivity contribution in [2.24, 2.45) is 0 Å². The van der Waals surface area contributed by atoms with Crippen LogP contribution in [0.25, 0.3) is 0 Å². The summed E-state index contributed by atoms with van der Waals surface area (Å²) in [7, 11) is 0. The van der Waals surface area contributed by atoms with Gasteiger partial charge in [0, 0.05) is 17.7 Å². The number of anilines is 1. The van der Waals surface area contributed by atoms with Gasteiger partial charge in [-0.25, -0.2) is 4.79 Å². The first-order valence-corrected chi connectivity index (χ1v) is 9.61. The summed E-state index contributed by atoms with van der Waals surface area (Å²) in [6.45, 7) is 7.08. The molecule has 1 aliphatic rings. The van der Waals surface area contributed by atoms with Crippen LogP contribution in [0.4, 0.5) is 5.69 Å². The van der Waals surface area contributed by atoms with Gasteiger partial charge in [0.2, 0.25) is 11.7 Å². The number of ether oxygens (including phenoxy) is 2. The molecular formula is C23H25NO5. The predicted octanol–water partition coefficient (Wildman–Crippen LogP) is 3.69. The molecule has 29 heavy (non-hydrogen) atoms. The molecule has 0 bridgehead atoms. The maximum Gasteiger partial charge on any atom is 0.344 e. The molecule has 2 aromatic carbocycles. The molecule has 1 N–H and O–H groups in total. The van der Waals surface area contributed by atoms with Gasteiger partial charge in [0.1, 0.15) is 5.75 Å². The number of esters is 1. The number of carbonyl (C=O) groups is 3. The Morgan fingerprint density at radius 3 is 2.52 bits per heavy atom. The number of Topliss-reactive ketones (excluding diaryl/α,β-unsaturated/α-hetero) is 1. The molecule has 6 nitrogen and oxygen atoms in total. The third kappa shape index (κ3) is 4.83. The Kier molecular flexibility index (Phi) is 6.01. The summed E-state index contributed by atoms with van der Waals surface area (Å²) in [6.07, 6.45) is 0.158. The molecule has 1 amide bonds. The number of aryl methyl sites for hydroxylation is 4. The fraction of sp³-hybridized carbons (Fsp3) is 0.348. The molecule has 2 aromatic rings. The van der Waals surface area contributed by atoms with Gasteiger partial charge in [-0.2, -0.15) is 0 Å².